The fraction of sp³-hybridized carbons (Fsp3) is 0.235. The molecular weight excluding hydrogens is 366 g/mol. The molecule has 0 spiro atoms. The standard InChI is InChI=1S/C17H18ClNO5S/c1-12(13-6-4-3-5-7-13)19-25(21,22)14-8-9-16(15(18)10-14)24-11-17(20)23-2/h3-10,12,19H,11H2,1-2H3/t12-/m0/s1. The van der Waals surface area contributed by atoms with Gasteiger partial charge in [0.25, 0.3) is 0 Å². The van der Waals surface area contributed by atoms with E-state index < -0.39 is 22.0 Å². The summed E-state index contributed by atoms with van der Waals surface area (Å²) in [6.07, 6.45) is 0. The van der Waals surface area contributed by atoms with E-state index in [1.165, 1.54) is 25.3 Å². The Labute approximate surface area is 151 Å². The number of sulfonamides is 1. The second-order valence-corrected chi connectivity index (χ2v) is 7.33. The smallest absolute Gasteiger partial charge is 0.343 e. The van der Waals surface area contributed by atoms with Crippen LogP contribution >= 0.6 is 11.6 Å². The van der Waals surface area contributed by atoms with E-state index in [1.807, 2.05) is 30.3 Å². The van der Waals surface area contributed by atoms with E-state index in [-0.39, 0.29) is 22.3 Å². The zero-order valence-electron chi connectivity index (χ0n) is 13.7. The number of esters is 1. The van der Waals surface area contributed by atoms with Gasteiger partial charge in [0, 0.05) is 6.04 Å². The molecule has 1 atom stereocenters. The van der Waals surface area contributed by atoms with Crippen molar-refractivity contribution in [2.45, 2.75) is 17.9 Å². The number of benzene rings is 2. The van der Waals surface area contributed by atoms with Gasteiger partial charge < -0.3 is 9.47 Å². The molecule has 0 saturated heterocycles. The maximum Gasteiger partial charge on any atom is 0.343 e. The Morgan fingerprint density at radius 3 is 2.48 bits per heavy atom. The lowest BCUT2D eigenvalue weighted by molar-refractivity contribution is -0.142. The van der Waals surface area contributed by atoms with E-state index >= 15 is 0 Å². The molecule has 2 aromatic carbocycles. The molecule has 0 fully saturated rings. The molecule has 2 aromatic rings. The molecule has 0 saturated carbocycles. The zero-order valence-corrected chi connectivity index (χ0v) is 15.3. The summed E-state index contributed by atoms with van der Waals surface area (Å²) in [6, 6.07) is 12.8. The number of hydrogen-bond donors (Lipinski definition) is 1. The van der Waals surface area contributed by atoms with Crippen LogP contribution in [0.1, 0.15) is 18.5 Å². The van der Waals surface area contributed by atoms with Crippen molar-refractivity contribution in [3.63, 3.8) is 0 Å². The Kier molecular flexibility index (Phi) is 6.41. The Balaban J connectivity index is 2.14. The molecule has 0 aliphatic carbocycles. The molecule has 8 heteroatoms. The van der Waals surface area contributed by atoms with Crippen LogP contribution in [0.15, 0.2) is 53.4 Å². The maximum atomic E-state index is 12.5. The van der Waals surface area contributed by atoms with Crippen molar-refractivity contribution >= 4 is 27.6 Å². The van der Waals surface area contributed by atoms with Crippen molar-refractivity contribution < 1.29 is 22.7 Å². The molecule has 0 amide bonds. The molecule has 25 heavy (non-hydrogen) atoms. The first-order valence-corrected chi connectivity index (χ1v) is 9.26. The van der Waals surface area contributed by atoms with Crippen molar-refractivity contribution in [2.24, 2.45) is 0 Å². The number of carbonyl (C=O) groups is 1. The van der Waals surface area contributed by atoms with Gasteiger partial charge in [0.2, 0.25) is 10.0 Å². The van der Waals surface area contributed by atoms with Crippen LogP contribution in [0.3, 0.4) is 0 Å². The van der Waals surface area contributed by atoms with Gasteiger partial charge in [-0.3, -0.25) is 0 Å². The van der Waals surface area contributed by atoms with Gasteiger partial charge in [0.15, 0.2) is 6.61 Å². The van der Waals surface area contributed by atoms with Gasteiger partial charge in [-0.15, -0.1) is 0 Å². The van der Waals surface area contributed by atoms with Gasteiger partial charge in [-0.2, -0.15) is 0 Å². The summed E-state index contributed by atoms with van der Waals surface area (Å²) in [4.78, 5) is 11.1. The van der Waals surface area contributed by atoms with Crippen LogP contribution in [-0.4, -0.2) is 28.1 Å². The first-order valence-electron chi connectivity index (χ1n) is 7.40. The van der Waals surface area contributed by atoms with Gasteiger partial charge in [0.05, 0.1) is 17.0 Å². The minimum absolute atomic E-state index is 0.00528. The number of nitrogens with one attached hydrogen (secondary N) is 1. The lowest BCUT2D eigenvalue weighted by atomic mass is 10.1. The summed E-state index contributed by atoms with van der Waals surface area (Å²) < 4.78 is 37.3. The minimum Gasteiger partial charge on any atom is -0.480 e. The van der Waals surface area contributed by atoms with Gasteiger partial charge in [0.1, 0.15) is 5.75 Å². The first-order chi connectivity index (χ1) is 11.8. The third-order valence-corrected chi connectivity index (χ3v) is 5.25. The SMILES string of the molecule is COC(=O)COc1ccc(S(=O)(=O)N[C@@H](C)c2ccccc2)cc1Cl. The van der Waals surface area contributed by atoms with Gasteiger partial charge in [-0.1, -0.05) is 41.9 Å². The van der Waals surface area contributed by atoms with Crippen LogP contribution < -0.4 is 9.46 Å². The topological polar surface area (TPSA) is 81.7 Å². The molecule has 0 heterocycles. The molecule has 0 aromatic heterocycles. The second-order valence-electron chi connectivity index (χ2n) is 5.21. The highest BCUT2D eigenvalue weighted by Gasteiger charge is 2.20. The lowest BCUT2D eigenvalue weighted by Gasteiger charge is -2.15. The molecule has 134 valence electrons. The molecule has 0 aliphatic heterocycles. The monoisotopic (exact) mass is 383 g/mol. The second kappa shape index (κ2) is 8.33. The Morgan fingerprint density at radius 1 is 1.20 bits per heavy atom. The average Bonchev–Trinajstić information content (AvgIpc) is 2.60. The number of carbonyl (C=O) groups excluding carboxylic acids is 1. The van der Waals surface area contributed by atoms with Crippen LogP contribution in [-0.2, 0) is 19.6 Å². The highest BCUT2D eigenvalue weighted by molar-refractivity contribution is 7.89. The third-order valence-electron chi connectivity index (χ3n) is 3.42. The number of rotatable bonds is 7. The molecular formula is C17H18ClNO5S. The Bertz CT molecular complexity index is 839. The maximum absolute atomic E-state index is 12.5. The molecule has 0 radical (unpaired) electrons. The van der Waals surface area contributed by atoms with Crippen molar-refractivity contribution in [1.29, 1.82) is 0 Å². The van der Waals surface area contributed by atoms with Crippen molar-refractivity contribution in [1.82, 2.24) is 4.72 Å². The Morgan fingerprint density at radius 2 is 1.88 bits per heavy atom. The van der Waals surface area contributed by atoms with Crippen molar-refractivity contribution in [3.8, 4) is 5.75 Å². The number of halogens is 1. The summed E-state index contributed by atoms with van der Waals surface area (Å²) in [5.41, 5.74) is 0.843. The van der Waals surface area contributed by atoms with E-state index in [2.05, 4.69) is 9.46 Å². The average molecular weight is 384 g/mol. The zero-order chi connectivity index (χ0) is 18.4. The van der Waals surface area contributed by atoms with E-state index in [0.717, 1.165) is 5.56 Å². The van der Waals surface area contributed by atoms with Crippen LogP contribution in [0.5, 0.6) is 5.75 Å². The van der Waals surface area contributed by atoms with Crippen LogP contribution in [0.25, 0.3) is 0 Å². The normalized spacial score (nSPS) is 12.4. The molecule has 6 nitrogen and oxygen atoms in total. The highest BCUT2D eigenvalue weighted by Crippen LogP contribution is 2.28. The molecule has 2 rings (SSSR count). The number of methoxy groups -OCH3 is 1. The number of hydrogen-bond acceptors (Lipinski definition) is 5. The molecule has 0 aliphatic rings. The van der Waals surface area contributed by atoms with Crippen molar-refractivity contribution in [2.75, 3.05) is 13.7 Å². The highest BCUT2D eigenvalue weighted by atomic mass is 35.5. The summed E-state index contributed by atoms with van der Waals surface area (Å²) >= 11 is 6.05. The predicted molar refractivity (Wildman–Crippen MR) is 94.1 cm³/mol. The van der Waals surface area contributed by atoms with Gasteiger partial charge >= 0.3 is 5.97 Å². The Hall–Kier alpha value is -2.09. The quantitative estimate of drug-likeness (QED) is 0.743. The molecule has 0 unspecified atom stereocenters. The van der Waals surface area contributed by atoms with E-state index in [0.29, 0.717) is 0 Å². The summed E-state index contributed by atoms with van der Waals surface area (Å²) in [5.74, 6) is -0.367. The van der Waals surface area contributed by atoms with Gasteiger partial charge in [-0.05, 0) is 30.7 Å². The van der Waals surface area contributed by atoms with E-state index in [1.54, 1.807) is 6.92 Å². The van der Waals surface area contributed by atoms with Crippen LogP contribution in [0.4, 0.5) is 0 Å². The molecule has 1 N–H and O–H groups in total. The fourth-order valence-corrected chi connectivity index (χ4v) is 3.63. The lowest BCUT2D eigenvalue weighted by Crippen LogP contribution is -2.26. The fourth-order valence-electron chi connectivity index (χ4n) is 2.07. The predicted octanol–water partition coefficient (Wildman–Crippen LogP) is 2.93. The third kappa shape index (κ3) is 5.19. The van der Waals surface area contributed by atoms with Crippen LogP contribution in [0.2, 0.25) is 5.02 Å². The summed E-state index contributed by atoms with van der Waals surface area (Å²) in [5, 5.41) is 0.0825. The van der Waals surface area contributed by atoms with Crippen molar-refractivity contribution in [3.05, 3.63) is 59.1 Å². The molecule has 0 bridgehead atoms. The largest absolute Gasteiger partial charge is 0.480 e. The summed E-state index contributed by atoms with van der Waals surface area (Å²) in [7, 11) is -2.53. The van der Waals surface area contributed by atoms with E-state index in [4.69, 9.17) is 16.3 Å². The number of ether oxygens (including phenoxy) is 2. The first kappa shape index (κ1) is 19.2. The van der Waals surface area contributed by atoms with E-state index in [9.17, 15) is 13.2 Å². The van der Waals surface area contributed by atoms with Crippen LogP contribution in [0, 0.1) is 0 Å². The summed E-state index contributed by atoms with van der Waals surface area (Å²) in [6.45, 7) is 1.44. The minimum atomic E-state index is -3.76. The van der Waals surface area contributed by atoms with Gasteiger partial charge in [-0.25, -0.2) is 17.9 Å².